The van der Waals surface area contributed by atoms with Crippen molar-refractivity contribution < 1.29 is 22.7 Å². The van der Waals surface area contributed by atoms with Gasteiger partial charge in [0.05, 0.1) is 18.6 Å². The zero-order valence-corrected chi connectivity index (χ0v) is 20.1. The van der Waals surface area contributed by atoms with Crippen LogP contribution in [-0.2, 0) is 27.9 Å². The third-order valence-electron chi connectivity index (χ3n) is 7.73. The lowest BCUT2D eigenvalue weighted by Gasteiger charge is -2.44. The first kappa shape index (κ1) is 24.5. The zero-order chi connectivity index (χ0) is 25.3. The van der Waals surface area contributed by atoms with Crippen LogP contribution in [0.1, 0.15) is 41.1 Å². The second-order valence-corrected chi connectivity index (χ2v) is 9.71. The molecule has 3 aromatic carbocycles. The summed E-state index contributed by atoms with van der Waals surface area (Å²) in [6, 6.07) is 19.2. The first-order valence-electron chi connectivity index (χ1n) is 12.2. The lowest BCUT2D eigenvalue weighted by atomic mass is 9.71. The summed E-state index contributed by atoms with van der Waals surface area (Å²) in [4.78, 5) is 14.9. The molecule has 36 heavy (non-hydrogen) atoms. The Labute approximate surface area is 209 Å². The van der Waals surface area contributed by atoms with Crippen LogP contribution in [0.5, 0.6) is 0 Å². The van der Waals surface area contributed by atoms with Crippen LogP contribution in [0, 0.1) is 17.5 Å². The maximum atomic E-state index is 14.3. The third-order valence-corrected chi connectivity index (χ3v) is 7.73. The van der Waals surface area contributed by atoms with Crippen molar-refractivity contribution in [2.24, 2.45) is 0 Å². The minimum Gasteiger partial charge on any atom is -0.378 e. The summed E-state index contributed by atoms with van der Waals surface area (Å²) >= 11 is 0. The highest BCUT2D eigenvalue weighted by Crippen LogP contribution is 2.52. The molecule has 0 bridgehead atoms. The van der Waals surface area contributed by atoms with Gasteiger partial charge in [-0.05, 0) is 54.8 Å². The fraction of sp³-hybridized carbons (Fsp3) is 0.345. The van der Waals surface area contributed by atoms with E-state index >= 15 is 0 Å². The molecule has 5 rings (SSSR count). The van der Waals surface area contributed by atoms with Gasteiger partial charge in [-0.2, -0.15) is 0 Å². The van der Waals surface area contributed by atoms with Gasteiger partial charge in [0.1, 0.15) is 5.82 Å². The van der Waals surface area contributed by atoms with Crippen LogP contribution in [0.3, 0.4) is 0 Å². The SMILES string of the molecule is CO[C@H]1[C@H](NC(=O)Cc2ccccc2)c2ccccc2C12CCN(Cc1c(F)ccc(F)c1F)CC2. The average molecular weight is 495 g/mol. The Balaban J connectivity index is 1.35. The maximum absolute atomic E-state index is 14.3. The number of piperidine rings is 1. The van der Waals surface area contributed by atoms with Crippen LogP contribution >= 0.6 is 0 Å². The van der Waals surface area contributed by atoms with E-state index < -0.39 is 17.5 Å². The molecule has 1 spiro atoms. The molecule has 1 aliphatic carbocycles. The molecule has 4 nitrogen and oxygen atoms in total. The second-order valence-electron chi connectivity index (χ2n) is 9.71. The molecule has 1 aliphatic heterocycles. The number of ether oxygens (including phenoxy) is 1. The summed E-state index contributed by atoms with van der Waals surface area (Å²) in [6.45, 7) is 1.13. The van der Waals surface area contributed by atoms with Crippen molar-refractivity contribution in [2.45, 2.75) is 43.4 Å². The van der Waals surface area contributed by atoms with Crippen LogP contribution in [0.15, 0.2) is 66.7 Å². The van der Waals surface area contributed by atoms with Crippen molar-refractivity contribution in [3.63, 3.8) is 0 Å². The molecule has 0 aromatic heterocycles. The molecule has 2 atom stereocenters. The molecule has 1 N–H and O–H groups in total. The molecular weight excluding hydrogens is 465 g/mol. The summed E-state index contributed by atoms with van der Waals surface area (Å²) < 4.78 is 48.2. The number of nitrogens with zero attached hydrogens (tertiary/aromatic N) is 1. The van der Waals surface area contributed by atoms with E-state index in [1.807, 2.05) is 53.4 Å². The molecule has 0 unspecified atom stereocenters. The number of carbonyl (C=O) groups is 1. The highest BCUT2D eigenvalue weighted by molar-refractivity contribution is 5.79. The van der Waals surface area contributed by atoms with Gasteiger partial charge in [-0.3, -0.25) is 9.69 Å². The predicted octanol–water partition coefficient (Wildman–Crippen LogP) is 5.07. The highest BCUT2D eigenvalue weighted by Gasteiger charge is 2.54. The Bertz CT molecular complexity index is 1240. The van der Waals surface area contributed by atoms with Gasteiger partial charge in [-0.1, -0.05) is 54.6 Å². The fourth-order valence-electron chi connectivity index (χ4n) is 5.98. The molecule has 2 aliphatic rings. The standard InChI is InChI=1S/C29H29F3N2O2/c1-36-28-27(33-25(35)17-19-7-3-2-4-8-19)20-9-5-6-10-22(20)29(28)13-15-34(16-14-29)18-21-23(30)11-12-24(31)26(21)32/h2-12,27-28H,13-18H2,1H3,(H,33,35)/t27-,28+/m1/s1. The van der Waals surface area contributed by atoms with Crippen molar-refractivity contribution in [3.05, 3.63) is 106 Å². The molecule has 0 radical (unpaired) electrons. The van der Waals surface area contributed by atoms with Crippen LogP contribution in [0.25, 0.3) is 0 Å². The predicted molar refractivity (Wildman–Crippen MR) is 131 cm³/mol. The summed E-state index contributed by atoms with van der Waals surface area (Å²) in [5.41, 5.74) is 2.54. The normalized spacial score (nSPS) is 20.9. The van der Waals surface area contributed by atoms with Crippen molar-refractivity contribution in [1.29, 1.82) is 0 Å². The molecule has 1 fully saturated rings. The van der Waals surface area contributed by atoms with Gasteiger partial charge >= 0.3 is 0 Å². The van der Waals surface area contributed by atoms with Crippen LogP contribution < -0.4 is 5.32 Å². The number of hydrogen-bond acceptors (Lipinski definition) is 3. The fourth-order valence-corrected chi connectivity index (χ4v) is 5.98. The van der Waals surface area contributed by atoms with Gasteiger partial charge in [0.2, 0.25) is 5.91 Å². The molecule has 0 saturated carbocycles. The number of nitrogens with one attached hydrogen (secondary N) is 1. The Morgan fingerprint density at radius 2 is 1.64 bits per heavy atom. The molecule has 7 heteroatoms. The van der Waals surface area contributed by atoms with Gasteiger partial charge in [0, 0.05) is 24.6 Å². The van der Waals surface area contributed by atoms with Crippen molar-refractivity contribution in [1.82, 2.24) is 10.2 Å². The minimum atomic E-state index is -1.13. The van der Waals surface area contributed by atoms with E-state index in [9.17, 15) is 18.0 Å². The number of halogens is 3. The third kappa shape index (κ3) is 4.42. The van der Waals surface area contributed by atoms with Gasteiger partial charge in [-0.15, -0.1) is 0 Å². The Morgan fingerprint density at radius 3 is 2.36 bits per heavy atom. The highest BCUT2D eigenvalue weighted by atomic mass is 19.2. The summed E-state index contributed by atoms with van der Waals surface area (Å²) in [6.07, 6.45) is 1.37. The van der Waals surface area contributed by atoms with Gasteiger partial charge < -0.3 is 10.1 Å². The number of rotatable bonds is 6. The number of fused-ring (bicyclic) bond motifs is 2. The summed E-state index contributed by atoms with van der Waals surface area (Å²) in [5, 5.41) is 3.21. The number of likely N-dealkylation sites (tertiary alicyclic amines) is 1. The average Bonchev–Trinajstić information content (AvgIpc) is 3.14. The molecule has 1 heterocycles. The quantitative estimate of drug-likeness (QED) is 0.487. The Hall–Kier alpha value is -3.16. The maximum Gasteiger partial charge on any atom is 0.224 e. The first-order valence-corrected chi connectivity index (χ1v) is 12.2. The molecule has 1 amide bonds. The van der Waals surface area contributed by atoms with E-state index in [2.05, 4.69) is 11.4 Å². The van der Waals surface area contributed by atoms with Crippen LogP contribution in [0.4, 0.5) is 13.2 Å². The van der Waals surface area contributed by atoms with Gasteiger partial charge in [-0.25, -0.2) is 13.2 Å². The lowest BCUT2D eigenvalue weighted by Crippen LogP contribution is -2.50. The van der Waals surface area contributed by atoms with E-state index in [-0.39, 0.29) is 42.0 Å². The smallest absolute Gasteiger partial charge is 0.224 e. The van der Waals surface area contributed by atoms with E-state index in [1.54, 1.807) is 7.11 Å². The van der Waals surface area contributed by atoms with Gasteiger partial charge in [0.25, 0.3) is 0 Å². The van der Waals surface area contributed by atoms with Crippen LogP contribution in [0.2, 0.25) is 0 Å². The number of benzene rings is 3. The topological polar surface area (TPSA) is 41.6 Å². The van der Waals surface area contributed by atoms with E-state index in [1.165, 1.54) is 0 Å². The summed E-state index contributed by atoms with van der Waals surface area (Å²) in [5.74, 6) is -2.98. The summed E-state index contributed by atoms with van der Waals surface area (Å²) in [7, 11) is 1.67. The monoisotopic (exact) mass is 494 g/mol. The molecular formula is C29H29F3N2O2. The molecule has 1 saturated heterocycles. The number of methoxy groups -OCH3 is 1. The molecule has 3 aromatic rings. The van der Waals surface area contributed by atoms with Crippen molar-refractivity contribution >= 4 is 5.91 Å². The number of amides is 1. The molecule has 188 valence electrons. The van der Waals surface area contributed by atoms with Crippen LogP contribution in [-0.4, -0.2) is 37.1 Å². The van der Waals surface area contributed by atoms with Crippen molar-refractivity contribution in [2.75, 3.05) is 20.2 Å². The number of hydrogen-bond donors (Lipinski definition) is 1. The Kier molecular flexibility index (Phi) is 6.86. The first-order chi connectivity index (χ1) is 17.4. The minimum absolute atomic E-state index is 0.00203. The second kappa shape index (κ2) is 10.1. The van der Waals surface area contributed by atoms with E-state index in [0.717, 1.165) is 28.8 Å². The number of carbonyl (C=O) groups excluding carboxylic acids is 1. The lowest BCUT2D eigenvalue weighted by molar-refractivity contribution is -0.122. The van der Waals surface area contributed by atoms with Crippen molar-refractivity contribution in [3.8, 4) is 0 Å². The largest absolute Gasteiger partial charge is 0.378 e. The Morgan fingerprint density at radius 1 is 0.972 bits per heavy atom. The van der Waals surface area contributed by atoms with Gasteiger partial charge in [0.15, 0.2) is 11.6 Å². The zero-order valence-electron chi connectivity index (χ0n) is 20.1. The van der Waals surface area contributed by atoms with E-state index in [4.69, 9.17) is 4.74 Å². The van der Waals surface area contributed by atoms with E-state index in [0.29, 0.717) is 25.9 Å².